The van der Waals surface area contributed by atoms with Gasteiger partial charge in [0.05, 0.1) is 19.3 Å². The number of hydrogen-bond acceptors (Lipinski definition) is 4. The third-order valence-corrected chi connectivity index (χ3v) is 3.84. The highest BCUT2D eigenvalue weighted by Gasteiger charge is 2.30. The normalized spacial score (nSPS) is 31.2. The molecule has 2 saturated heterocycles. The molecule has 0 saturated carbocycles. The van der Waals surface area contributed by atoms with Crippen LogP contribution in [0.25, 0.3) is 0 Å². The number of rotatable bonds is 4. The smallest absolute Gasteiger partial charge is 0.237 e. The van der Waals surface area contributed by atoms with Crippen molar-refractivity contribution in [3.63, 3.8) is 0 Å². The lowest BCUT2D eigenvalue weighted by Crippen LogP contribution is -2.51. The minimum Gasteiger partial charge on any atom is -0.379 e. The quantitative estimate of drug-likeness (QED) is 0.732. The van der Waals surface area contributed by atoms with Crippen molar-refractivity contribution in [2.24, 2.45) is 5.92 Å². The Labute approximate surface area is 109 Å². The summed E-state index contributed by atoms with van der Waals surface area (Å²) in [7, 11) is 0. The van der Waals surface area contributed by atoms with E-state index in [0.29, 0.717) is 5.92 Å². The van der Waals surface area contributed by atoms with Gasteiger partial charge in [-0.25, -0.2) is 0 Å². The lowest BCUT2D eigenvalue weighted by Gasteiger charge is -2.30. The van der Waals surface area contributed by atoms with Gasteiger partial charge < -0.3 is 15.4 Å². The molecule has 2 rings (SSSR count). The van der Waals surface area contributed by atoms with Gasteiger partial charge >= 0.3 is 0 Å². The van der Waals surface area contributed by atoms with E-state index >= 15 is 0 Å². The lowest BCUT2D eigenvalue weighted by atomic mass is 10.0. The Balaban J connectivity index is 1.72. The molecular formula is C13H25N3O2. The first-order valence-electron chi connectivity index (χ1n) is 7.00. The zero-order valence-corrected chi connectivity index (χ0v) is 11.4. The molecule has 2 heterocycles. The number of carbonyl (C=O) groups excluding carboxylic acids is 1. The second-order valence-corrected chi connectivity index (χ2v) is 5.52. The summed E-state index contributed by atoms with van der Waals surface area (Å²) in [5.41, 5.74) is 0. The van der Waals surface area contributed by atoms with Gasteiger partial charge in [-0.15, -0.1) is 0 Å². The van der Waals surface area contributed by atoms with Crippen molar-refractivity contribution in [1.82, 2.24) is 15.5 Å². The maximum absolute atomic E-state index is 12.1. The van der Waals surface area contributed by atoms with Crippen LogP contribution in [0.15, 0.2) is 0 Å². The zero-order valence-electron chi connectivity index (χ0n) is 11.4. The number of hydrogen-bond donors (Lipinski definition) is 2. The van der Waals surface area contributed by atoms with E-state index in [0.717, 1.165) is 45.8 Å². The van der Waals surface area contributed by atoms with Crippen LogP contribution in [0.1, 0.15) is 20.3 Å². The second kappa shape index (κ2) is 6.50. The van der Waals surface area contributed by atoms with Crippen molar-refractivity contribution in [1.29, 1.82) is 0 Å². The van der Waals surface area contributed by atoms with E-state index < -0.39 is 0 Å². The van der Waals surface area contributed by atoms with Gasteiger partial charge in [0.2, 0.25) is 5.91 Å². The van der Waals surface area contributed by atoms with Crippen molar-refractivity contribution in [2.45, 2.75) is 32.4 Å². The van der Waals surface area contributed by atoms with E-state index in [4.69, 9.17) is 4.74 Å². The fraction of sp³-hybridized carbons (Fsp3) is 0.923. The molecule has 0 aromatic carbocycles. The van der Waals surface area contributed by atoms with E-state index in [-0.39, 0.29) is 18.0 Å². The van der Waals surface area contributed by atoms with Crippen molar-refractivity contribution in [3.8, 4) is 0 Å². The van der Waals surface area contributed by atoms with Crippen LogP contribution in [-0.4, -0.2) is 62.3 Å². The maximum Gasteiger partial charge on any atom is 0.237 e. The highest BCUT2D eigenvalue weighted by molar-refractivity contribution is 5.82. The van der Waals surface area contributed by atoms with Crippen LogP contribution in [0, 0.1) is 5.92 Å². The van der Waals surface area contributed by atoms with Gasteiger partial charge in [0.15, 0.2) is 0 Å². The molecule has 5 heteroatoms. The van der Waals surface area contributed by atoms with Gasteiger partial charge in [0.1, 0.15) is 0 Å². The Morgan fingerprint density at radius 1 is 1.50 bits per heavy atom. The van der Waals surface area contributed by atoms with Gasteiger partial charge in [0.25, 0.3) is 0 Å². The van der Waals surface area contributed by atoms with E-state index in [1.807, 2.05) is 0 Å². The number of nitrogens with one attached hydrogen (secondary N) is 2. The molecule has 5 nitrogen and oxygen atoms in total. The lowest BCUT2D eigenvalue weighted by molar-refractivity contribution is -0.124. The van der Waals surface area contributed by atoms with Gasteiger partial charge in [-0.2, -0.15) is 0 Å². The molecule has 0 radical (unpaired) electrons. The Kier molecular flexibility index (Phi) is 4.97. The summed E-state index contributed by atoms with van der Waals surface area (Å²) in [6.45, 7) is 9.64. The highest BCUT2D eigenvalue weighted by atomic mass is 16.5. The van der Waals surface area contributed by atoms with Crippen LogP contribution in [0.2, 0.25) is 0 Å². The Bertz CT molecular complexity index is 279. The van der Waals surface area contributed by atoms with Gasteiger partial charge in [-0.05, 0) is 25.8 Å². The minimum atomic E-state index is -0.00265. The van der Waals surface area contributed by atoms with Crippen LogP contribution >= 0.6 is 0 Å². The molecule has 0 aromatic heterocycles. The Morgan fingerprint density at radius 3 is 2.83 bits per heavy atom. The molecule has 18 heavy (non-hydrogen) atoms. The molecule has 3 unspecified atom stereocenters. The minimum absolute atomic E-state index is 0.00265. The third kappa shape index (κ3) is 3.67. The summed E-state index contributed by atoms with van der Waals surface area (Å²) in [5, 5.41) is 6.39. The SMILES string of the molecule is CC(CN1CCOCC1)NC(=O)C1NCCC1C. The fourth-order valence-corrected chi connectivity index (χ4v) is 2.73. The highest BCUT2D eigenvalue weighted by Crippen LogP contribution is 2.14. The second-order valence-electron chi connectivity index (χ2n) is 5.52. The molecule has 2 aliphatic heterocycles. The van der Waals surface area contributed by atoms with Crippen molar-refractivity contribution in [2.75, 3.05) is 39.4 Å². The standard InChI is InChI=1S/C13H25N3O2/c1-10-3-4-14-12(10)13(17)15-11(2)9-16-5-7-18-8-6-16/h10-12,14H,3-9H2,1-2H3,(H,15,17). The Morgan fingerprint density at radius 2 is 2.22 bits per heavy atom. The number of ether oxygens (including phenoxy) is 1. The molecule has 2 N–H and O–H groups in total. The van der Waals surface area contributed by atoms with Crippen molar-refractivity contribution in [3.05, 3.63) is 0 Å². The molecule has 0 aromatic rings. The summed E-state index contributed by atoms with van der Waals surface area (Å²) in [4.78, 5) is 14.4. The first-order chi connectivity index (χ1) is 8.66. The molecule has 0 aliphatic carbocycles. The summed E-state index contributed by atoms with van der Waals surface area (Å²) >= 11 is 0. The first kappa shape index (κ1) is 13.8. The van der Waals surface area contributed by atoms with Crippen LogP contribution in [-0.2, 0) is 9.53 Å². The van der Waals surface area contributed by atoms with Crippen LogP contribution < -0.4 is 10.6 Å². The van der Waals surface area contributed by atoms with Gasteiger partial charge in [0, 0.05) is 25.7 Å². The zero-order chi connectivity index (χ0) is 13.0. The third-order valence-electron chi connectivity index (χ3n) is 3.84. The maximum atomic E-state index is 12.1. The topological polar surface area (TPSA) is 53.6 Å². The number of amides is 1. The fourth-order valence-electron chi connectivity index (χ4n) is 2.73. The average Bonchev–Trinajstić information content (AvgIpc) is 2.76. The summed E-state index contributed by atoms with van der Waals surface area (Å²) in [5.74, 6) is 0.598. The van der Waals surface area contributed by atoms with Crippen LogP contribution in [0.4, 0.5) is 0 Å². The molecule has 104 valence electrons. The molecular weight excluding hydrogens is 230 g/mol. The van der Waals surface area contributed by atoms with E-state index in [1.165, 1.54) is 0 Å². The molecule has 1 amide bonds. The van der Waals surface area contributed by atoms with Crippen molar-refractivity contribution >= 4 is 5.91 Å². The van der Waals surface area contributed by atoms with Gasteiger partial charge in [-0.3, -0.25) is 9.69 Å². The van der Waals surface area contributed by atoms with Crippen LogP contribution in [0.5, 0.6) is 0 Å². The summed E-state index contributed by atoms with van der Waals surface area (Å²) in [6, 6.07) is 0.197. The van der Waals surface area contributed by atoms with Crippen LogP contribution in [0.3, 0.4) is 0 Å². The monoisotopic (exact) mass is 255 g/mol. The molecule has 0 bridgehead atoms. The first-order valence-corrected chi connectivity index (χ1v) is 7.00. The van der Waals surface area contributed by atoms with Gasteiger partial charge in [-0.1, -0.05) is 6.92 Å². The molecule has 3 atom stereocenters. The van der Waals surface area contributed by atoms with Crippen molar-refractivity contribution < 1.29 is 9.53 Å². The van der Waals surface area contributed by atoms with E-state index in [1.54, 1.807) is 0 Å². The predicted octanol–water partition coefficient (Wildman–Crippen LogP) is -0.179. The number of nitrogens with zero attached hydrogens (tertiary/aromatic N) is 1. The van der Waals surface area contributed by atoms with E-state index in [2.05, 4.69) is 29.4 Å². The average molecular weight is 255 g/mol. The molecule has 2 fully saturated rings. The predicted molar refractivity (Wildman–Crippen MR) is 70.4 cm³/mol. The molecule has 0 spiro atoms. The number of morpholine rings is 1. The number of carbonyl (C=O) groups is 1. The van der Waals surface area contributed by atoms with E-state index in [9.17, 15) is 4.79 Å². The molecule has 2 aliphatic rings. The largest absolute Gasteiger partial charge is 0.379 e. The summed E-state index contributed by atoms with van der Waals surface area (Å²) < 4.78 is 5.32. The summed E-state index contributed by atoms with van der Waals surface area (Å²) in [6.07, 6.45) is 1.09. The Hall–Kier alpha value is -0.650.